The van der Waals surface area contributed by atoms with E-state index in [1.54, 1.807) is 0 Å². The van der Waals surface area contributed by atoms with Gasteiger partial charge in [-0.3, -0.25) is 4.90 Å². The number of rotatable bonds is 6. The summed E-state index contributed by atoms with van der Waals surface area (Å²) in [5.74, 6) is 0. The van der Waals surface area contributed by atoms with Crippen LogP contribution in [0.5, 0.6) is 0 Å². The maximum absolute atomic E-state index is 5.95. The molecule has 1 aliphatic heterocycles. The van der Waals surface area contributed by atoms with Gasteiger partial charge in [-0.25, -0.2) is 9.50 Å². The Hall–Kier alpha value is -2.24. The van der Waals surface area contributed by atoms with Crippen molar-refractivity contribution >= 4 is 5.65 Å². The third-order valence-corrected chi connectivity index (χ3v) is 4.92. The van der Waals surface area contributed by atoms with E-state index in [2.05, 4.69) is 35.3 Å². The predicted octanol–water partition coefficient (Wildman–Crippen LogP) is 3.79. The summed E-state index contributed by atoms with van der Waals surface area (Å²) in [5.41, 5.74) is 4.32. The summed E-state index contributed by atoms with van der Waals surface area (Å²) in [4.78, 5) is 7.16. The van der Waals surface area contributed by atoms with Crippen LogP contribution in [-0.2, 0) is 11.3 Å². The van der Waals surface area contributed by atoms with Crippen molar-refractivity contribution in [3.63, 3.8) is 0 Å². The lowest BCUT2D eigenvalue weighted by molar-refractivity contribution is -0.00228. The zero-order chi connectivity index (χ0) is 17.8. The number of benzene rings is 1. The Morgan fingerprint density at radius 1 is 1.19 bits per heavy atom. The molecule has 1 aromatic carbocycles. The fraction of sp³-hybridized carbons (Fsp3) is 0.429. The zero-order valence-corrected chi connectivity index (χ0v) is 15.3. The summed E-state index contributed by atoms with van der Waals surface area (Å²) in [6.45, 7) is 6.05. The van der Waals surface area contributed by atoms with Crippen molar-refractivity contribution in [3.8, 4) is 11.1 Å². The molecule has 0 unspecified atom stereocenters. The molecule has 3 aromatic rings. The molecule has 5 nitrogen and oxygen atoms in total. The number of likely N-dealkylation sites (tertiary alicyclic amines) is 1. The van der Waals surface area contributed by atoms with Crippen LogP contribution in [0.1, 0.15) is 31.7 Å². The fourth-order valence-corrected chi connectivity index (χ4v) is 3.65. The summed E-state index contributed by atoms with van der Waals surface area (Å²) in [6.07, 6.45) is 9.81. The second-order valence-corrected chi connectivity index (χ2v) is 7.02. The summed E-state index contributed by atoms with van der Waals surface area (Å²) < 4.78 is 7.84. The van der Waals surface area contributed by atoms with Crippen molar-refractivity contribution in [3.05, 3.63) is 54.5 Å². The highest BCUT2D eigenvalue weighted by Gasteiger charge is 2.20. The molecule has 1 atom stereocenters. The third-order valence-electron chi connectivity index (χ3n) is 4.92. The van der Waals surface area contributed by atoms with E-state index >= 15 is 0 Å². The first-order valence-electron chi connectivity index (χ1n) is 9.55. The lowest BCUT2D eigenvalue weighted by Crippen LogP contribution is -2.39. The second-order valence-electron chi connectivity index (χ2n) is 7.02. The molecule has 1 fully saturated rings. The van der Waals surface area contributed by atoms with Gasteiger partial charge in [0.05, 0.1) is 12.3 Å². The Balaban J connectivity index is 1.48. The van der Waals surface area contributed by atoms with Crippen LogP contribution in [0, 0.1) is 0 Å². The topological polar surface area (TPSA) is 42.7 Å². The average molecular weight is 350 g/mol. The van der Waals surface area contributed by atoms with E-state index in [1.165, 1.54) is 18.4 Å². The van der Waals surface area contributed by atoms with Gasteiger partial charge in [0.25, 0.3) is 0 Å². The summed E-state index contributed by atoms with van der Waals surface area (Å²) in [5, 5.41) is 4.52. The molecule has 136 valence electrons. The van der Waals surface area contributed by atoms with E-state index in [0.29, 0.717) is 6.10 Å². The van der Waals surface area contributed by atoms with Gasteiger partial charge in [-0.05, 0) is 31.4 Å². The molecule has 1 aliphatic rings. The van der Waals surface area contributed by atoms with Crippen molar-refractivity contribution in [2.45, 2.75) is 38.8 Å². The Morgan fingerprint density at radius 2 is 2.08 bits per heavy atom. The summed E-state index contributed by atoms with van der Waals surface area (Å²) in [7, 11) is 0. The van der Waals surface area contributed by atoms with Crippen LogP contribution in [0.2, 0.25) is 0 Å². The number of aromatic nitrogens is 3. The lowest BCUT2D eigenvalue weighted by Gasteiger charge is -2.32. The smallest absolute Gasteiger partial charge is 0.162 e. The SMILES string of the molecule is CCCO[C@H]1CCCN(Cc2cnc3c(-c4ccccc4)cnn3c2)C1. The van der Waals surface area contributed by atoms with E-state index in [0.717, 1.165) is 49.4 Å². The lowest BCUT2D eigenvalue weighted by atomic mass is 10.1. The van der Waals surface area contributed by atoms with Crippen LogP contribution < -0.4 is 0 Å². The molecule has 1 saturated heterocycles. The monoisotopic (exact) mass is 350 g/mol. The number of hydrogen-bond donors (Lipinski definition) is 0. The van der Waals surface area contributed by atoms with E-state index < -0.39 is 0 Å². The van der Waals surface area contributed by atoms with E-state index in [-0.39, 0.29) is 0 Å². The van der Waals surface area contributed by atoms with Crippen LogP contribution in [0.25, 0.3) is 16.8 Å². The molecule has 3 heterocycles. The van der Waals surface area contributed by atoms with Gasteiger partial charge in [0.15, 0.2) is 5.65 Å². The van der Waals surface area contributed by atoms with Crippen molar-refractivity contribution in [2.24, 2.45) is 0 Å². The first-order valence-corrected chi connectivity index (χ1v) is 9.55. The molecule has 2 aromatic heterocycles. The molecule has 26 heavy (non-hydrogen) atoms. The highest BCUT2D eigenvalue weighted by molar-refractivity contribution is 5.76. The molecule has 0 bridgehead atoms. The van der Waals surface area contributed by atoms with Gasteiger partial charge >= 0.3 is 0 Å². The molecule has 0 N–H and O–H groups in total. The van der Waals surface area contributed by atoms with Crippen LogP contribution in [0.4, 0.5) is 0 Å². The molecule has 4 rings (SSSR count). The molecule has 0 spiro atoms. The minimum Gasteiger partial charge on any atom is -0.377 e. The van der Waals surface area contributed by atoms with Gasteiger partial charge in [0.1, 0.15) is 0 Å². The number of fused-ring (bicyclic) bond motifs is 1. The van der Waals surface area contributed by atoms with Crippen molar-refractivity contribution < 1.29 is 4.74 Å². The molecule has 5 heteroatoms. The van der Waals surface area contributed by atoms with Crippen LogP contribution in [0.3, 0.4) is 0 Å². The largest absolute Gasteiger partial charge is 0.377 e. The summed E-state index contributed by atoms with van der Waals surface area (Å²) in [6, 6.07) is 10.3. The van der Waals surface area contributed by atoms with Crippen LogP contribution in [-0.4, -0.2) is 45.3 Å². The Bertz CT molecular complexity index is 846. The quantitative estimate of drug-likeness (QED) is 0.678. The maximum Gasteiger partial charge on any atom is 0.162 e. The molecular formula is C21H26N4O. The number of nitrogens with zero attached hydrogens (tertiary/aromatic N) is 4. The molecule has 0 radical (unpaired) electrons. The summed E-state index contributed by atoms with van der Waals surface area (Å²) >= 11 is 0. The number of hydrogen-bond acceptors (Lipinski definition) is 4. The van der Waals surface area contributed by atoms with Gasteiger partial charge in [-0.15, -0.1) is 0 Å². The normalized spacial score (nSPS) is 18.4. The maximum atomic E-state index is 5.95. The Morgan fingerprint density at radius 3 is 2.92 bits per heavy atom. The van der Waals surface area contributed by atoms with E-state index in [4.69, 9.17) is 9.72 Å². The van der Waals surface area contributed by atoms with E-state index in [9.17, 15) is 0 Å². The highest BCUT2D eigenvalue weighted by atomic mass is 16.5. The zero-order valence-electron chi connectivity index (χ0n) is 15.3. The average Bonchev–Trinajstić information content (AvgIpc) is 3.10. The standard InChI is InChI=1S/C21H26N4O/c1-2-11-26-19-9-6-10-24(16-19)14-17-12-22-21-20(13-23-25(21)15-17)18-7-4-3-5-8-18/h3-5,7-8,12-13,15,19H,2,6,9-11,14,16H2,1H3/t19-/m0/s1. The third kappa shape index (κ3) is 3.79. The Kier molecular flexibility index (Phi) is 5.27. The molecule has 0 aliphatic carbocycles. The van der Waals surface area contributed by atoms with Crippen molar-refractivity contribution in [1.82, 2.24) is 19.5 Å². The van der Waals surface area contributed by atoms with Gasteiger partial charge in [0.2, 0.25) is 0 Å². The fourth-order valence-electron chi connectivity index (χ4n) is 3.65. The van der Waals surface area contributed by atoms with E-state index in [1.807, 2.05) is 35.1 Å². The second kappa shape index (κ2) is 7.98. The van der Waals surface area contributed by atoms with Gasteiger partial charge < -0.3 is 4.74 Å². The van der Waals surface area contributed by atoms with Gasteiger partial charge in [0, 0.05) is 43.2 Å². The molecule has 0 saturated carbocycles. The first kappa shape index (κ1) is 17.2. The Labute approximate surface area is 154 Å². The van der Waals surface area contributed by atoms with Gasteiger partial charge in [-0.1, -0.05) is 37.3 Å². The van der Waals surface area contributed by atoms with Gasteiger partial charge in [-0.2, -0.15) is 5.10 Å². The van der Waals surface area contributed by atoms with Crippen LogP contribution in [0.15, 0.2) is 48.9 Å². The molecule has 0 amide bonds. The predicted molar refractivity (Wildman–Crippen MR) is 103 cm³/mol. The number of ether oxygens (including phenoxy) is 1. The minimum absolute atomic E-state index is 0.370. The van der Waals surface area contributed by atoms with Crippen molar-refractivity contribution in [1.29, 1.82) is 0 Å². The molecular weight excluding hydrogens is 324 g/mol. The van der Waals surface area contributed by atoms with Crippen LogP contribution >= 0.6 is 0 Å². The first-order chi connectivity index (χ1) is 12.8. The number of piperidine rings is 1. The van der Waals surface area contributed by atoms with Crippen molar-refractivity contribution in [2.75, 3.05) is 19.7 Å². The minimum atomic E-state index is 0.370. The highest BCUT2D eigenvalue weighted by Crippen LogP contribution is 2.23.